The van der Waals surface area contributed by atoms with E-state index in [9.17, 15) is 4.39 Å². The highest BCUT2D eigenvalue weighted by Gasteiger charge is 2.20. The zero-order valence-corrected chi connectivity index (χ0v) is 11.3. The molecule has 0 spiro atoms. The van der Waals surface area contributed by atoms with Crippen LogP contribution in [0.3, 0.4) is 0 Å². The van der Waals surface area contributed by atoms with Crippen molar-refractivity contribution in [3.8, 4) is 0 Å². The minimum atomic E-state index is -0.246. The maximum Gasteiger partial charge on any atom is 0.123 e. The van der Waals surface area contributed by atoms with Gasteiger partial charge in [-0.3, -0.25) is 0 Å². The van der Waals surface area contributed by atoms with Crippen LogP contribution in [0.2, 0.25) is 5.02 Å². The number of nitrogens with zero attached hydrogens (tertiary/aromatic N) is 1. The molecule has 0 amide bonds. The lowest BCUT2D eigenvalue weighted by Crippen LogP contribution is -2.18. The molecule has 1 heterocycles. The Morgan fingerprint density at radius 1 is 1.32 bits per heavy atom. The maximum absolute atomic E-state index is 13.3. The highest BCUT2D eigenvalue weighted by molar-refractivity contribution is 6.31. The van der Waals surface area contributed by atoms with Crippen LogP contribution in [0.5, 0.6) is 0 Å². The van der Waals surface area contributed by atoms with E-state index in [2.05, 4.69) is 16.0 Å². The molecule has 1 aromatic heterocycles. The maximum atomic E-state index is 13.3. The van der Waals surface area contributed by atoms with Crippen LogP contribution >= 0.6 is 11.6 Å². The lowest BCUT2D eigenvalue weighted by atomic mass is 10.2. The summed E-state index contributed by atoms with van der Waals surface area (Å²) in [5.74, 6) is -0.246. The van der Waals surface area contributed by atoms with Crippen LogP contribution in [0.4, 0.5) is 4.39 Å². The van der Waals surface area contributed by atoms with Gasteiger partial charge in [0.15, 0.2) is 0 Å². The topological polar surface area (TPSA) is 17.0 Å². The van der Waals surface area contributed by atoms with Crippen molar-refractivity contribution in [1.82, 2.24) is 9.88 Å². The molecule has 1 fully saturated rings. The summed E-state index contributed by atoms with van der Waals surface area (Å²) >= 11 is 6.11. The predicted molar refractivity (Wildman–Crippen MR) is 74.8 cm³/mol. The van der Waals surface area contributed by atoms with Gasteiger partial charge in [-0.1, -0.05) is 11.6 Å². The predicted octanol–water partition coefficient (Wildman–Crippen LogP) is 3.58. The van der Waals surface area contributed by atoms with Crippen LogP contribution in [-0.4, -0.2) is 10.6 Å². The van der Waals surface area contributed by atoms with Gasteiger partial charge in [0.25, 0.3) is 0 Å². The summed E-state index contributed by atoms with van der Waals surface area (Å²) in [4.78, 5) is 0. The largest absolute Gasteiger partial charge is 0.346 e. The van der Waals surface area contributed by atoms with E-state index in [0.717, 1.165) is 12.1 Å². The number of benzene rings is 1. The average Bonchev–Trinajstić information content (AvgIpc) is 3.12. The Kier molecular flexibility index (Phi) is 3.58. The Bertz CT molecular complexity index is 575. The SMILES string of the molecule is Fc1ccc(Cl)c(Cn2cccc2CNC2CC2)c1. The first kappa shape index (κ1) is 12.7. The highest BCUT2D eigenvalue weighted by atomic mass is 35.5. The summed E-state index contributed by atoms with van der Waals surface area (Å²) in [7, 11) is 0. The smallest absolute Gasteiger partial charge is 0.123 e. The monoisotopic (exact) mass is 278 g/mol. The van der Waals surface area contributed by atoms with E-state index in [-0.39, 0.29) is 5.82 Å². The van der Waals surface area contributed by atoms with Crippen LogP contribution in [0.1, 0.15) is 24.1 Å². The molecule has 0 radical (unpaired) electrons. The van der Waals surface area contributed by atoms with Gasteiger partial charge in [-0.2, -0.15) is 0 Å². The Hall–Kier alpha value is -1.32. The fourth-order valence-electron chi connectivity index (χ4n) is 2.15. The Morgan fingerprint density at radius 3 is 2.95 bits per heavy atom. The van der Waals surface area contributed by atoms with Gasteiger partial charge >= 0.3 is 0 Å². The summed E-state index contributed by atoms with van der Waals surface area (Å²) < 4.78 is 15.4. The minimum absolute atomic E-state index is 0.246. The number of halogens is 2. The quantitative estimate of drug-likeness (QED) is 0.885. The van der Waals surface area contributed by atoms with Gasteiger partial charge in [-0.25, -0.2) is 4.39 Å². The van der Waals surface area contributed by atoms with Crippen molar-refractivity contribution in [2.75, 3.05) is 0 Å². The highest BCUT2D eigenvalue weighted by Crippen LogP contribution is 2.21. The molecular weight excluding hydrogens is 263 g/mol. The molecule has 19 heavy (non-hydrogen) atoms. The molecule has 0 saturated heterocycles. The molecular formula is C15H16ClFN2. The Morgan fingerprint density at radius 2 is 2.16 bits per heavy atom. The number of hydrogen-bond acceptors (Lipinski definition) is 1. The third-order valence-electron chi connectivity index (χ3n) is 3.42. The second kappa shape index (κ2) is 5.35. The van der Waals surface area contributed by atoms with E-state index in [4.69, 9.17) is 11.6 Å². The molecule has 1 aliphatic carbocycles. The summed E-state index contributed by atoms with van der Waals surface area (Å²) in [5.41, 5.74) is 2.01. The van der Waals surface area contributed by atoms with Gasteiger partial charge in [-0.15, -0.1) is 0 Å². The van der Waals surface area contributed by atoms with Crippen LogP contribution in [0, 0.1) is 5.82 Å². The average molecular weight is 279 g/mol. The Labute approximate surface area is 117 Å². The Balaban J connectivity index is 1.74. The fourth-order valence-corrected chi connectivity index (χ4v) is 2.33. The number of hydrogen-bond donors (Lipinski definition) is 1. The molecule has 0 aliphatic heterocycles. The van der Waals surface area contributed by atoms with Crippen LogP contribution in [0.25, 0.3) is 0 Å². The van der Waals surface area contributed by atoms with Crippen molar-refractivity contribution in [2.45, 2.75) is 32.0 Å². The molecule has 2 nitrogen and oxygen atoms in total. The van der Waals surface area contributed by atoms with Gasteiger partial charge in [-0.05, 0) is 48.7 Å². The fraction of sp³-hybridized carbons (Fsp3) is 0.333. The standard InChI is InChI=1S/C15H16ClFN2/c16-15-6-3-12(17)8-11(15)10-19-7-1-2-14(19)9-18-13-4-5-13/h1-3,6-8,13,18H,4-5,9-10H2. The molecule has 2 aromatic rings. The van der Waals surface area contributed by atoms with Crippen molar-refractivity contribution >= 4 is 11.6 Å². The van der Waals surface area contributed by atoms with E-state index in [0.29, 0.717) is 17.6 Å². The molecule has 1 saturated carbocycles. The van der Waals surface area contributed by atoms with Crippen molar-refractivity contribution < 1.29 is 4.39 Å². The second-order valence-electron chi connectivity index (χ2n) is 5.02. The first-order valence-electron chi connectivity index (χ1n) is 6.54. The van der Waals surface area contributed by atoms with E-state index in [1.807, 2.05) is 12.3 Å². The van der Waals surface area contributed by atoms with Gasteiger partial charge in [0.2, 0.25) is 0 Å². The second-order valence-corrected chi connectivity index (χ2v) is 5.43. The van der Waals surface area contributed by atoms with Crippen LogP contribution < -0.4 is 5.32 Å². The van der Waals surface area contributed by atoms with E-state index in [1.54, 1.807) is 6.07 Å². The molecule has 1 aromatic carbocycles. The van der Waals surface area contributed by atoms with E-state index < -0.39 is 0 Å². The van der Waals surface area contributed by atoms with Gasteiger partial charge in [0, 0.05) is 36.0 Å². The molecule has 4 heteroatoms. The molecule has 0 unspecified atom stereocenters. The van der Waals surface area contributed by atoms with Gasteiger partial charge in [0.05, 0.1) is 0 Å². The van der Waals surface area contributed by atoms with E-state index in [1.165, 1.54) is 30.7 Å². The zero-order chi connectivity index (χ0) is 13.2. The molecule has 0 bridgehead atoms. The summed E-state index contributed by atoms with van der Waals surface area (Å²) in [6.07, 6.45) is 4.55. The third-order valence-corrected chi connectivity index (χ3v) is 3.79. The third kappa shape index (κ3) is 3.17. The van der Waals surface area contributed by atoms with E-state index >= 15 is 0 Å². The first-order valence-corrected chi connectivity index (χ1v) is 6.91. The molecule has 0 atom stereocenters. The molecule has 1 N–H and O–H groups in total. The number of aromatic nitrogens is 1. The van der Waals surface area contributed by atoms with Crippen molar-refractivity contribution in [1.29, 1.82) is 0 Å². The number of rotatable bonds is 5. The minimum Gasteiger partial charge on any atom is -0.346 e. The first-order chi connectivity index (χ1) is 9.22. The van der Waals surface area contributed by atoms with Crippen molar-refractivity contribution in [2.24, 2.45) is 0 Å². The van der Waals surface area contributed by atoms with Crippen molar-refractivity contribution in [3.63, 3.8) is 0 Å². The normalized spacial score (nSPS) is 14.8. The van der Waals surface area contributed by atoms with Crippen LogP contribution in [0.15, 0.2) is 36.5 Å². The lowest BCUT2D eigenvalue weighted by Gasteiger charge is -2.11. The van der Waals surface area contributed by atoms with Crippen LogP contribution in [-0.2, 0) is 13.1 Å². The summed E-state index contributed by atoms with van der Waals surface area (Å²) in [6, 6.07) is 9.27. The van der Waals surface area contributed by atoms with Gasteiger partial charge in [0.1, 0.15) is 5.82 Å². The number of nitrogens with one attached hydrogen (secondary N) is 1. The molecule has 100 valence electrons. The molecule has 1 aliphatic rings. The lowest BCUT2D eigenvalue weighted by molar-refractivity contribution is 0.616. The summed E-state index contributed by atoms with van der Waals surface area (Å²) in [5, 5.41) is 4.09. The zero-order valence-electron chi connectivity index (χ0n) is 10.6. The van der Waals surface area contributed by atoms with Gasteiger partial charge < -0.3 is 9.88 Å². The summed E-state index contributed by atoms with van der Waals surface area (Å²) in [6.45, 7) is 1.45. The molecule has 3 rings (SSSR count). The van der Waals surface area contributed by atoms with Crippen molar-refractivity contribution in [3.05, 3.63) is 58.6 Å².